The van der Waals surface area contributed by atoms with Crippen LogP contribution in [0.2, 0.25) is 18.1 Å². The predicted octanol–water partition coefficient (Wildman–Crippen LogP) is 5.23. The lowest BCUT2D eigenvalue weighted by atomic mass is 10.1. The van der Waals surface area contributed by atoms with Crippen molar-refractivity contribution in [1.29, 1.82) is 0 Å². The highest BCUT2D eigenvalue weighted by molar-refractivity contribution is 6.74. The fourth-order valence-corrected chi connectivity index (χ4v) is 3.41. The number of hydrogen-bond donors (Lipinski definition) is 0. The van der Waals surface area contributed by atoms with Crippen molar-refractivity contribution in [3.63, 3.8) is 0 Å². The number of hydrogen-bond acceptors (Lipinski definition) is 1. The van der Waals surface area contributed by atoms with E-state index in [0.29, 0.717) is 0 Å². The van der Waals surface area contributed by atoms with Gasteiger partial charge in [0.25, 0.3) is 0 Å². The van der Waals surface area contributed by atoms with Crippen LogP contribution >= 0.6 is 0 Å². The molecule has 0 saturated carbocycles. The largest absolute Gasteiger partial charge is 0.410 e. The topological polar surface area (TPSA) is 9.23 Å². The summed E-state index contributed by atoms with van der Waals surface area (Å²) >= 11 is 0. The van der Waals surface area contributed by atoms with Gasteiger partial charge in [0.2, 0.25) is 0 Å². The fourth-order valence-electron chi connectivity index (χ4n) is 2.09. The lowest BCUT2D eigenvalue weighted by molar-refractivity contribution is 0.221. The maximum absolute atomic E-state index is 6.51. The second kappa shape index (κ2) is 5.18. The van der Waals surface area contributed by atoms with E-state index in [1.165, 1.54) is 16.7 Å². The van der Waals surface area contributed by atoms with E-state index in [1.54, 1.807) is 0 Å². The van der Waals surface area contributed by atoms with E-state index in [9.17, 15) is 0 Å². The first-order valence-electron chi connectivity index (χ1n) is 6.76. The molecule has 1 unspecified atom stereocenters. The molecule has 102 valence electrons. The molecule has 0 aromatic rings. The van der Waals surface area contributed by atoms with Gasteiger partial charge < -0.3 is 4.43 Å². The van der Waals surface area contributed by atoms with E-state index in [-0.39, 0.29) is 11.1 Å². The number of allylic oxidation sites excluding steroid dienone is 2. The molecule has 0 N–H and O–H groups in total. The minimum absolute atomic E-state index is 0.244. The Morgan fingerprint density at radius 2 is 1.94 bits per heavy atom. The Kier molecular flexibility index (Phi) is 4.45. The van der Waals surface area contributed by atoms with Crippen molar-refractivity contribution in [3.8, 4) is 0 Å². The van der Waals surface area contributed by atoms with Gasteiger partial charge in [-0.05, 0) is 48.2 Å². The van der Waals surface area contributed by atoms with Gasteiger partial charge in [-0.1, -0.05) is 33.4 Å². The van der Waals surface area contributed by atoms with Crippen molar-refractivity contribution >= 4 is 8.32 Å². The summed E-state index contributed by atoms with van der Waals surface area (Å²) in [4.78, 5) is 0. The second-order valence-corrected chi connectivity index (χ2v) is 11.6. The monoisotopic (exact) mass is 264 g/mol. The van der Waals surface area contributed by atoms with Crippen LogP contribution in [0.15, 0.2) is 36.0 Å². The van der Waals surface area contributed by atoms with E-state index >= 15 is 0 Å². The van der Waals surface area contributed by atoms with E-state index in [1.807, 2.05) is 6.08 Å². The maximum Gasteiger partial charge on any atom is 0.192 e. The summed E-state index contributed by atoms with van der Waals surface area (Å²) in [5, 5.41) is 0.260. The molecule has 1 rings (SSSR count). The molecule has 0 amide bonds. The van der Waals surface area contributed by atoms with E-state index in [0.717, 1.165) is 12.8 Å². The van der Waals surface area contributed by atoms with Crippen LogP contribution < -0.4 is 0 Å². The molecule has 0 aromatic heterocycles. The molecule has 0 bridgehead atoms. The minimum Gasteiger partial charge on any atom is -0.410 e. The van der Waals surface area contributed by atoms with Crippen LogP contribution in [0, 0.1) is 0 Å². The Morgan fingerprint density at radius 3 is 2.39 bits per heavy atom. The molecule has 1 nitrogen and oxygen atoms in total. The van der Waals surface area contributed by atoms with Gasteiger partial charge in [0.05, 0.1) is 6.10 Å². The third-order valence-corrected chi connectivity index (χ3v) is 8.90. The Bertz CT molecular complexity index is 382. The van der Waals surface area contributed by atoms with Crippen LogP contribution in [0.25, 0.3) is 0 Å². The van der Waals surface area contributed by atoms with Crippen molar-refractivity contribution < 1.29 is 4.43 Å². The van der Waals surface area contributed by atoms with Crippen LogP contribution in [0.5, 0.6) is 0 Å². The smallest absolute Gasteiger partial charge is 0.192 e. The highest BCUT2D eigenvalue weighted by Crippen LogP contribution is 2.42. The molecule has 0 spiro atoms. The average Bonchev–Trinajstić information content (AvgIpc) is 2.44. The fraction of sp³-hybridized carbons (Fsp3) is 0.625. The van der Waals surface area contributed by atoms with Gasteiger partial charge in [-0.3, -0.25) is 0 Å². The molecule has 0 aromatic carbocycles. The molecule has 1 atom stereocenters. The quantitative estimate of drug-likeness (QED) is 0.499. The van der Waals surface area contributed by atoms with E-state index in [4.69, 9.17) is 4.43 Å². The normalized spacial score (nSPS) is 21.7. The molecule has 0 aliphatic heterocycles. The minimum atomic E-state index is -1.69. The van der Waals surface area contributed by atoms with Gasteiger partial charge in [0, 0.05) is 6.42 Å². The zero-order chi connectivity index (χ0) is 14.1. The van der Waals surface area contributed by atoms with Crippen LogP contribution in [-0.4, -0.2) is 14.4 Å². The zero-order valence-corrected chi connectivity index (χ0v) is 13.9. The standard InChI is InChI=1S/C16H28OSi/c1-9-10-14-12(2)11-15(13(14)3)17-18(7,8)16(4,5)6/h9,15H,1-2,10-11H2,3-8H3. The molecule has 0 saturated heterocycles. The van der Waals surface area contributed by atoms with Gasteiger partial charge in [0.15, 0.2) is 8.32 Å². The third-order valence-electron chi connectivity index (χ3n) is 4.41. The van der Waals surface area contributed by atoms with Crippen molar-refractivity contribution in [3.05, 3.63) is 36.0 Å². The first-order chi connectivity index (χ1) is 8.10. The molecular formula is C16H28OSi. The lowest BCUT2D eigenvalue weighted by Gasteiger charge is -2.38. The summed E-state index contributed by atoms with van der Waals surface area (Å²) in [6.45, 7) is 21.7. The Morgan fingerprint density at radius 1 is 1.39 bits per heavy atom. The summed E-state index contributed by atoms with van der Waals surface area (Å²) < 4.78 is 6.51. The SMILES string of the molecule is C=CCC1=C(C)C(O[Si](C)(C)C(C)(C)C)CC1=C. The van der Waals surface area contributed by atoms with Gasteiger partial charge in [0.1, 0.15) is 0 Å². The Balaban J connectivity index is 2.89. The molecule has 18 heavy (non-hydrogen) atoms. The van der Waals surface area contributed by atoms with Crippen LogP contribution in [0.4, 0.5) is 0 Å². The maximum atomic E-state index is 6.51. The van der Waals surface area contributed by atoms with Crippen molar-refractivity contribution in [2.24, 2.45) is 0 Å². The van der Waals surface area contributed by atoms with Gasteiger partial charge >= 0.3 is 0 Å². The summed E-state index contributed by atoms with van der Waals surface area (Å²) in [6, 6.07) is 0. The zero-order valence-electron chi connectivity index (χ0n) is 12.9. The van der Waals surface area contributed by atoms with Crippen LogP contribution in [0.1, 0.15) is 40.5 Å². The number of rotatable bonds is 4. The Hall–Kier alpha value is -0.603. The Labute approximate surface area is 114 Å². The van der Waals surface area contributed by atoms with Gasteiger partial charge in [-0.2, -0.15) is 0 Å². The molecule has 2 heteroatoms. The van der Waals surface area contributed by atoms with Crippen molar-refractivity contribution in [2.45, 2.75) is 64.8 Å². The molecule has 1 aliphatic carbocycles. The summed E-state index contributed by atoms with van der Waals surface area (Å²) in [5.74, 6) is 0. The summed E-state index contributed by atoms with van der Waals surface area (Å²) in [6.07, 6.45) is 4.08. The van der Waals surface area contributed by atoms with E-state index < -0.39 is 8.32 Å². The average molecular weight is 264 g/mol. The molecule has 0 radical (unpaired) electrons. The molecule has 0 heterocycles. The van der Waals surface area contributed by atoms with Crippen LogP contribution in [-0.2, 0) is 4.43 Å². The first-order valence-corrected chi connectivity index (χ1v) is 9.67. The van der Waals surface area contributed by atoms with Crippen LogP contribution in [0.3, 0.4) is 0 Å². The molecule has 0 fully saturated rings. The van der Waals surface area contributed by atoms with Gasteiger partial charge in [-0.25, -0.2) is 0 Å². The predicted molar refractivity (Wildman–Crippen MR) is 83.3 cm³/mol. The lowest BCUT2D eigenvalue weighted by Crippen LogP contribution is -2.43. The second-order valence-electron chi connectivity index (χ2n) is 6.83. The third kappa shape index (κ3) is 3.04. The molecule has 1 aliphatic rings. The van der Waals surface area contributed by atoms with Gasteiger partial charge in [-0.15, -0.1) is 6.58 Å². The van der Waals surface area contributed by atoms with Crippen molar-refractivity contribution in [2.75, 3.05) is 0 Å². The van der Waals surface area contributed by atoms with Crippen molar-refractivity contribution in [1.82, 2.24) is 0 Å². The summed E-state index contributed by atoms with van der Waals surface area (Å²) in [5.41, 5.74) is 3.95. The highest BCUT2D eigenvalue weighted by atomic mass is 28.4. The highest BCUT2D eigenvalue weighted by Gasteiger charge is 2.40. The van der Waals surface area contributed by atoms with E-state index in [2.05, 4.69) is 53.9 Å². The first kappa shape index (κ1) is 15.5. The summed E-state index contributed by atoms with van der Waals surface area (Å²) in [7, 11) is -1.69. The molecular weight excluding hydrogens is 236 g/mol.